The molecule has 0 aromatic rings. The second-order valence-electron chi connectivity index (χ2n) is 19.4. The molecule has 2 N–H and O–H groups in total. The molecular weight excluding hydrogens is 640 g/mol. The third kappa shape index (κ3) is 9.09. The van der Waals surface area contributed by atoms with Crippen LogP contribution in [-0.2, 0) is 14.3 Å². The van der Waals surface area contributed by atoms with E-state index in [4.69, 9.17) is 9.47 Å². The van der Waals surface area contributed by atoms with Crippen LogP contribution < -0.4 is 10.6 Å². The number of likely N-dealkylation sites (N-methyl/N-ethyl adjacent to an activating group) is 1. The number of carbonyl (C=O) groups is 3. The van der Waals surface area contributed by atoms with Crippen molar-refractivity contribution in [2.75, 3.05) is 33.7 Å². The number of rotatable bonds is 11. The van der Waals surface area contributed by atoms with Crippen molar-refractivity contribution in [2.45, 2.75) is 156 Å². The molecule has 1 saturated heterocycles. The Bertz CT molecular complexity index is 1280. The molecule has 1 aliphatic heterocycles. The molecule has 4 fully saturated rings. The highest BCUT2D eigenvalue weighted by Crippen LogP contribution is 2.67. The van der Waals surface area contributed by atoms with Gasteiger partial charge in [0.15, 0.2) is 0 Å². The molecule has 9 heteroatoms. The number of allylic oxidation sites excluding steroid dienone is 1. The fourth-order valence-electron chi connectivity index (χ4n) is 11.3. The van der Waals surface area contributed by atoms with Crippen LogP contribution >= 0.6 is 0 Å². The van der Waals surface area contributed by atoms with Crippen molar-refractivity contribution in [2.24, 2.45) is 46.3 Å². The highest BCUT2D eigenvalue weighted by Gasteiger charge is 2.59. The van der Waals surface area contributed by atoms with E-state index >= 15 is 0 Å². The first kappa shape index (κ1) is 39.9. The van der Waals surface area contributed by atoms with E-state index in [1.165, 1.54) is 61.8 Å². The van der Waals surface area contributed by atoms with Gasteiger partial charge in [0.05, 0.1) is 6.04 Å². The molecule has 0 radical (unpaired) electrons. The summed E-state index contributed by atoms with van der Waals surface area (Å²) in [6.07, 6.45) is 15.2. The van der Waals surface area contributed by atoms with E-state index in [0.29, 0.717) is 24.9 Å². The fourth-order valence-corrected chi connectivity index (χ4v) is 11.3. The first-order chi connectivity index (χ1) is 23.9. The van der Waals surface area contributed by atoms with Gasteiger partial charge in [-0.15, -0.1) is 0 Å². The van der Waals surface area contributed by atoms with Gasteiger partial charge in [0, 0.05) is 26.1 Å². The average molecular weight is 713 g/mol. The molecule has 9 nitrogen and oxygen atoms in total. The summed E-state index contributed by atoms with van der Waals surface area (Å²) in [6, 6.07) is -1.12. The molecule has 0 spiro atoms. The maximum Gasteiger partial charge on any atom is 0.411 e. The van der Waals surface area contributed by atoms with Gasteiger partial charge in [-0.25, -0.2) is 9.59 Å². The van der Waals surface area contributed by atoms with E-state index < -0.39 is 29.9 Å². The van der Waals surface area contributed by atoms with Crippen LogP contribution in [0.25, 0.3) is 0 Å². The summed E-state index contributed by atoms with van der Waals surface area (Å²) in [5.41, 5.74) is 1.47. The highest BCUT2D eigenvalue weighted by molar-refractivity contribution is 5.86. The van der Waals surface area contributed by atoms with Crippen molar-refractivity contribution in [3.8, 4) is 0 Å². The Hall–Kier alpha value is -2.29. The van der Waals surface area contributed by atoms with E-state index in [9.17, 15) is 14.4 Å². The smallest absolute Gasteiger partial charge is 0.411 e. The minimum absolute atomic E-state index is 0.161. The van der Waals surface area contributed by atoms with Crippen molar-refractivity contribution in [1.82, 2.24) is 20.4 Å². The summed E-state index contributed by atoms with van der Waals surface area (Å²) < 4.78 is 11.7. The van der Waals surface area contributed by atoms with Crippen LogP contribution in [0.2, 0.25) is 0 Å². The predicted octanol–water partition coefficient (Wildman–Crippen LogP) is 8.18. The molecule has 1 heterocycles. The van der Waals surface area contributed by atoms with Crippen molar-refractivity contribution in [1.29, 1.82) is 0 Å². The molecule has 0 aromatic carbocycles. The number of fused-ring (bicyclic) bond motifs is 5. The third-order valence-corrected chi connectivity index (χ3v) is 13.9. The van der Waals surface area contributed by atoms with Crippen molar-refractivity contribution in [3.05, 3.63) is 11.6 Å². The molecule has 51 heavy (non-hydrogen) atoms. The van der Waals surface area contributed by atoms with E-state index in [1.54, 1.807) is 0 Å². The molecule has 5 unspecified atom stereocenters. The third-order valence-electron chi connectivity index (χ3n) is 13.9. The number of nitrogens with one attached hydrogen (secondary N) is 2. The molecule has 0 aromatic heterocycles. The number of hydrogen-bond donors (Lipinski definition) is 2. The highest BCUT2D eigenvalue weighted by atomic mass is 16.6. The van der Waals surface area contributed by atoms with Gasteiger partial charge in [-0.3, -0.25) is 9.69 Å². The first-order valence-corrected chi connectivity index (χ1v) is 20.5. The number of hydrogen-bond acceptors (Lipinski definition) is 6. The topological polar surface area (TPSA) is 100 Å². The first-order valence-electron chi connectivity index (χ1n) is 20.5. The zero-order chi connectivity index (χ0) is 37.3. The molecule has 5 aliphatic rings. The molecular formula is C42H72N4O5. The van der Waals surface area contributed by atoms with Gasteiger partial charge in [-0.2, -0.15) is 0 Å². The Morgan fingerprint density at radius 3 is 2.45 bits per heavy atom. The van der Waals surface area contributed by atoms with Gasteiger partial charge in [-0.1, -0.05) is 65.5 Å². The van der Waals surface area contributed by atoms with Crippen molar-refractivity contribution in [3.63, 3.8) is 0 Å². The van der Waals surface area contributed by atoms with Gasteiger partial charge in [-0.05, 0) is 133 Å². The fraction of sp³-hybridized carbons (Fsp3) is 0.881. The minimum Gasteiger partial charge on any atom is -0.446 e. The summed E-state index contributed by atoms with van der Waals surface area (Å²) in [5, 5.41) is 5.95. The summed E-state index contributed by atoms with van der Waals surface area (Å²) in [5.74, 6) is 4.57. The van der Waals surface area contributed by atoms with Crippen LogP contribution in [0.4, 0.5) is 9.59 Å². The average Bonchev–Trinajstić information content (AvgIpc) is 3.61. The molecule has 290 valence electrons. The summed E-state index contributed by atoms with van der Waals surface area (Å²) in [7, 11) is 3.89. The number of ether oxygens (including phenoxy) is 2. The maximum absolute atomic E-state index is 13.3. The normalized spacial score (nSPS) is 35.4. The van der Waals surface area contributed by atoms with E-state index in [0.717, 1.165) is 54.8 Å². The SMILES string of the molecule is CC(C)CCCC(C)[C@H]1CCC2C3CC=C4C[C@@H](OC(=O)N[C@H]5CC(C(=O)NCCN(C)C)N(C(=O)OC(C)(C)C)C5)CC[C@]4(C)C3CC[C@@]21C. The lowest BCUT2D eigenvalue weighted by molar-refractivity contribution is -0.125. The maximum atomic E-state index is 13.3. The molecule has 0 bridgehead atoms. The minimum atomic E-state index is -0.719. The van der Waals surface area contributed by atoms with Crippen molar-refractivity contribution < 1.29 is 23.9 Å². The van der Waals surface area contributed by atoms with Crippen LogP contribution in [-0.4, -0.2) is 85.4 Å². The van der Waals surface area contributed by atoms with Gasteiger partial charge >= 0.3 is 12.2 Å². The monoisotopic (exact) mass is 713 g/mol. The Balaban J connectivity index is 1.17. The summed E-state index contributed by atoms with van der Waals surface area (Å²) in [4.78, 5) is 43.0. The predicted molar refractivity (Wildman–Crippen MR) is 203 cm³/mol. The quantitative estimate of drug-likeness (QED) is 0.210. The number of amides is 3. The zero-order valence-corrected chi connectivity index (χ0v) is 33.8. The van der Waals surface area contributed by atoms with E-state index in [2.05, 4.69) is 51.3 Å². The number of nitrogens with zero attached hydrogens (tertiary/aromatic N) is 2. The second kappa shape index (κ2) is 16.0. The van der Waals surface area contributed by atoms with E-state index in [-0.39, 0.29) is 24.0 Å². The largest absolute Gasteiger partial charge is 0.446 e. The van der Waals surface area contributed by atoms with Gasteiger partial charge in [0.1, 0.15) is 17.7 Å². The standard InChI is InChI=1S/C42H72N4O5/c1-27(2)12-11-13-28(3)33-16-17-34-32-15-14-29-24-31(18-20-41(29,7)35(32)19-21-42(33,34)8)50-38(48)44-30-25-36(37(47)43-22-23-45(9)10)46(26-30)39(49)51-40(4,5)6/h14,27-28,30-36H,11-13,15-26H2,1-10H3,(H,43,47)(H,44,48)/t28?,30-,31-,32?,33+,34?,35?,36?,41-,42+/m0/s1. The van der Waals surface area contributed by atoms with Gasteiger partial charge in [0.25, 0.3) is 0 Å². The zero-order valence-electron chi connectivity index (χ0n) is 33.8. The van der Waals surface area contributed by atoms with Crippen LogP contribution in [0.1, 0.15) is 132 Å². The molecule has 5 rings (SSSR count). The Morgan fingerprint density at radius 2 is 1.76 bits per heavy atom. The van der Waals surface area contributed by atoms with Crippen LogP contribution in [0.15, 0.2) is 11.6 Å². The summed E-state index contributed by atoms with van der Waals surface area (Å²) >= 11 is 0. The lowest BCUT2D eigenvalue weighted by Crippen LogP contribution is -2.51. The molecule has 10 atom stereocenters. The lowest BCUT2D eigenvalue weighted by atomic mass is 9.47. The Morgan fingerprint density at radius 1 is 1.02 bits per heavy atom. The number of likely N-dealkylation sites (tertiary alicyclic amines) is 1. The molecule has 4 aliphatic carbocycles. The Labute approximate surface area is 309 Å². The second-order valence-corrected chi connectivity index (χ2v) is 19.4. The molecule has 3 amide bonds. The van der Waals surface area contributed by atoms with Crippen LogP contribution in [0, 0.1) is 46.3 Å². The van der Waals surface area contributed by atoms with Gasteiger partial charge in [0.2, 0.25) is 5.91 Å². The Kier molecular flexibility index (Phi) is 12.5. The lowest BCUT2D eigenvalue weighted by Gasteiger charge is -2.58. The summed E-state index contributed by atoms with van der Waals surface area (Å²) in [6.45, 7) is 19.2. The van der Waals surface area contributed by atoms with Gasteiger partial charge < -0.3 is 25.0 Å². The van der Waals surface area contributed by atoms with Crippen molar-refractivity contribution >= 4 is 18.1 Å². The van der Waals surface area contributed by atoms with Crippen LogP contribution in [0.5, 0.6) is 0 Å². The number of carbonyl (C=O) groups excluding carboxylic acids is 3. The molecule has 3 saturated carbocycles. The van der Waals surface area contributed by atoms with Crippen LogP contribution in [0.3, 0.4) is 0 Å². The van der Waals surface area contributed by atoms with E-state index in [1.807, 2.05) is 39.8 Å². The number of alkyl carbamates (subject to hydrolysis) is 1.